The number of rotatable bonds is 9. The minimum Gasteiger partial charge on any atom is -0.469 e. The molecule has 0 aliphatic heterocycles. The number of carbonyl (C=O) groups excluding carboxylic acids is 4. The fraction of sp³-hybridized carbons (Fsp3) is 0.889. The zero-order valence-electron chi connectivity index (χ0n) is 27.6. The van der Waals surface area contributed by atoms with E-state index in [1.807, 2.05) is 0 Å². The summed E-state index contributed by atoms with van der Waals surface area (Å²) in [5.41, 5.74) is 0. The van der Waals surface area contributed by atoms with Gasteiger partial charge in [0.05, 0.1) is 36.9 Å². The first kappa shape index (κ1) is 34.2. The van der Waals surface area contributed by atoms with Crippen molar-refractivity contribution in [3.63, 3.8) is 0 Å². The van der Waals surface area contributed by atoms with Crippen LogP contribution in [0, 0.1) is 35.5 Å². The van der Waals surface area contributed by atoms with E-state index in [1.165, 1.54) is 7.11 Å². The summed E-state index contributed by atoms with van der Waals surface area (Å²) in [6.45, 7) is 0. The molecular formula is C36H56O9. The Morgan fingerprint density at radius 3 is 0.933 bits per heavy atom. The molecule has 5 aliphatic carbocycles. The standard InChI is InChI=1S/C36H56O9/c1-41-29-15-11-28(12-16-29)36(40)44-31-19-9-24(10-20-31)23-7-17-30(18-8-23)43-34(38)26-3-5-27(6-4-26)35(39)45-32-21-13-25(14-22-32)33(37)42-2/h23-32H,3-22H2,1-2H3. The molecule has 0 bridgehead atoms. The Hall–Kier alpha value is -2.16. The van der Waals surface area contributed by atoms with Crippen molar-refractivity contribution in [2.45, 2.75) is 153 Å². The molecule has 5 aliphatic rings. The van der Waals surface area contributed by atoms with Gasteiger partial charge >= 0.3 is 23.9 Å². The van der Waals surface area contributed by atoms with Crippen LogP contribution in [0.5, 0.6) is 0 Å². The first-order valence-electron chi connectivity index (χ1n) is 18.0. The van der Waals surface area contributed by atoms with Gasteiger partial charge in [-0.2, -0.15) is 0 Å². The van der Waals surface area contributed by atoms with Crippen molar-refractivity contribution in [2.75, 3.05) is 14.2 Å². The Morgan fingerprint density at radius 1 is 0.356 bits per heavy atom. The van der Waals surface area contributed by atoms with Crippen molar-refractivity contribution < 1.29 is 42.9 Å². The Kier molecular flexibility index (Phi) is 12.6. The van der Waals surface area contributed by atoms with E-state index in [-0.39, 0.29) is 65.9 Å². The highest BCUT2D eigenvalue weighted by atomic mass is 16.6. The molecule has 45 heavy (non-hydrogen) atoms. The molecule has 0 spiro atoms. The quantitative estimate of drug-likeness (QED) is 0.208. The third-order valence-electron chi connectivity index (χ3n) is 11.9. The average molecular weight is 633 g/mol. The molecule has 0 aromatic carbocycles. The SMILES string of the molecule is COC(=O)C1CCC(OC(=O)C2CCC(C(=O)OC3CCC(C4CCC(OC(=O)C5CCC(OC)CC5)CC4)CC3)CC2)CC1. The third-order valence-corrected chi connectivity index (χ3v) is 11.9. The average Bonchev–Trinajstić information content (AvgIpc) is 3.09. The molecule has 0 unspecified atom stereocenters. The van der Waals surface area contributed by atoms with Gasteiger partial charge in [0.25, 0.3) is 0 Å². The van der Waals surface area contributed by atoms with Crippen LogP contribution in [0.1, 0.15) is 128 Å². The van der Waals surface area contributed by atoms with Crippen LogP contribution >= 0.6 is 0 Å². The molecule has 254 valence electrons. The van der Waals surface area contributed by atoms with Gasteiger partial charge in [0.1, 0.15) is 18.3 Å². The normalized spacial score (nSPS) is 37.6. The molecule has 9 nitrogen and oxygen atoms in total. The van der Waals surface area contributed by atoms with E-state index in [1.54, 1.807) is 7.11 Å². The van der Waals surface area contributed by atoms with Crippen LogP contribution in [0.3, 0.4) is 0 Å². The molecule has 0 N–H and O–H groups in total. The second-order valence-electron chi connectivity index (χ2n) is 14.6. The van der Waals surface area contributed by atoms with Gasteiger partial charge in [0.15, 0.2) is 0 Å². The minimum absolute atomic E-state index is 0.000416. The van der Waals surface area contributed by atoms with E-state index < -0.39 is 0 Å². The van der Waals surface area contributed by atoms with Crippen molar-refractivity contribution in [3.05, 3.63) is 0 Å². The van der Waals surface area contributed by atoms with Crippen molar-refractivity contribution in [1.29, 1.82) is 0 Å². The van der Waals surface area contributed by atoms with Gasteiger partial charge in [0.2, 0.25) is 0 Å². The van der Waals surface area contributed by atoms with E-state index in [0.717, 1.165) is 77.0 Å². The molecule has 0 amide bonds. The molecule has 5 saturated carbocycles. The lowest BCUT2D eigenvalue weighted by Crippen LogP contribution is -2.35. The Bertz CT molecular complexity index is 972. The predicted octanol–water partition coefficient (Wildman–Crippen LogP) is 6.48. The van der Waals surface area contributed by atoms with Gasteiger partial charge in [-0.25, -0.2) is 0 Å². The largest absolute Gasteiger partial charge is 0.469 e. The van der Waals surface area contributed by atoms with Crippen molar-refractivity contribution in [3.8, 4) is 0 Å². The molecule has 0 saturated heterocycles. The van der Waals surface area contributed by atoms with E-state index in [0.29, 0.717) is 69.3 Å². The zero-order chi connectivity index (χ0) is 31.8. The van der Waals surface area contributed by atoms with Gasteiger partial charge in [0, 0.05) is 7.11 Å². The first-order chi connectivity index (χ1) is 21.8. The van der Waals surface area contributed by atoms with Gasteiger partial charge < -0.3 is 23.7 Å². The summed E-state index contributed by atoms with van der Waals surface area (Å²) in [7, 11) is 3.16. The summed E-state index contributed by atoms with van der Waals surface area (Å²) in [6, 6.07) is 0. The zero-order valence-corrected chi connectivity index (χ0v) is 27.6. The highest BCUT2D eigenvalue weighted by Gasteiger charge is 2.37. The Morgan fingerprint density at radius 2 is 0.622 bits per heavy atom. The van der Waals surface area contributed by atoms with Gasteiger partial charge in [-0.15, -0.1) is 0 Å². The number of hydrogen-bond acceptors (Lipinski definition) is 9. The van der Waals surface area contributed by atoms with Crippen LogP contribution in [0.2, 0.25) is 0 Å². The van der Waals surface area contributed by atoms with E-state index in [9.17, 15) is 19.2 Å². The van der Waals surface area contributed by atoms with Gasteiger partial charge in [-0.1, -0.05) is 0 Å². The minimum atomic E-state index is -0.173. The number of ether oxygens (including phenoxy) is 5. The highest BCUT2D eigenvalue weighted by molar-refractivity contribution is 5.75. The monoisotopic (exact) mass is 632 g/mol. The fourth-order valence-electron chi connectivity index (χ4n) is 8.82. The molecule has 0 aromatic rings. The lowest BCUT2D eigenvalue weighted by atomic mass is 9.72. The second kappa shape index (κ2) is 16.6. The smallest absolute Gasteiger partial charge is 0.309 e. The number of methoxy groups -OCH3 is 2. The van der Waals surface area contributed by atoms with Crippen molar-refractivity contribution in [2.24, 2.45) is 35.5 Å². The summed E-state index contributed by atoms with van der Waals surface area (Å²) in [5.74, 6) is 0.582. The maximum atomic E-state index is 13.0. The molecule has 0 radical (unpaired) electrons. The topological polar surface area (TPSA) is 114 Å². The van der Waals surface area contributed by atoms with Crippen molar-refractivity contribution >= 4 is 23.9 Å². The number of hydrogen-bond donors (Lipinski definition) is 0. The van der Waals surface area contributed by atoms with Crippen LogP contribution in [-0.4, -0.2) is 62.5 Å². The predicted molar refractivity (Wildman–Crippen MR) is 166 cm³/mol. The summed E-state index contributed by atoms with van der Waals surface area (Å²) >= 11 is 0. The summed E-state index contributed by atoms with van der Waals surface area (Å²) in [4.78, 5) is 50.2. The molecule has 0 heterocycles. The second-order valence-corrected chi connectivity index (χ2v) is 14.6. The molecule has 5 fully saturated rings. The van der Waals surface area contributed by atoms with E-state index >= 15 is 0 Å². The highest BCUT2D eigenvalue weighted by Crippen LogP contribution is 2.41. The lowest BCUT2D eigenvalue weighted by Gasteiger charge is -2.38. The third kappa shape index (κ3) is 9.45. The van der Waals surface area contributed by atoms with Crippen molar-refractivity contribution in [1.82, 2.24) is 0 Å². The van der Waals surface area contributed by atoms with Crippen LogP contribution < -0.4 is 0 Å². The Balaban J connectivity index is 0.932. The number of esters is 4. The molecular weight excluding hydrogens is 576 g/mol. The van der Waals surface area contributed by atoms with Crippen LogP contribution in [0.25, 0.3) is 0 Å². The number of carbonyl (C=O) groups is 4. The van der Waals surface area contributed by atoms with E-state index in [2.05, 4.69) is 0 Å². The molecule has 0 aromatic heterocycles. The first-order valence-corrected chi connectivity index (χ1v) is 18.0. The summed E-state index contributed by atoms with van der Waals surface area (Å²) < 4.78 is 28.0. The maximum absolute atomic E-state index is 13.0. The summed E-state index contributed by atoms with van der Waals surface area (Å²) in [6.07, 6.45) is 17.5. The molecule has 0 atom stereocenters. The van der Waals surface area contributed by atoms with E-state index in [4.69, 9.17) is 23.7 Å². The maximum Gasteiger partial charge on any atom is 0.309 e. The molecule has 9 heteroatoms. The lowest BCUT2D eigenvalue weighted by molar-refractivity contribution is -0.163. The van der Waals surface area contributed by atoms with Crippen LogP contribution in [0.4, 0.5) is 0 Å². The van der Waals surface area contributed by atoms with Crippen LogP contribution in [0.15, 0.2) is 0 Å². The summed E-state index contributed by atoms with van der Waals surface area (Å²) in [5, 5.41) is 0. The van der Waals surface area contributed by atoms with Gasteiger partial charge in [-0.3, -0.25) is 19.2 Å². The van der Waals surface area contributed by atoms with Gasteiger partial charge in [-0.05, 0) is 140 Å². The van der Waals surface area contributed by atoms with Crippen LogP contribution in [-0.2, 0) is 42.9 Å². The molecule has 5 rings (SSSR count). The fourth-order valence-corrected chi connectivity index (χ4v) is 8.82. The Labute approximate surface area is 269 Å².